The normalized spacial score (nSPS) is 23.3. The Labute approximate surface area is 145 Å². The molecule has 0 spiro atoms. The topological polar surface area (TPSA) is 63.7 Å². The molecule has 3 rings (SSSR count). The van der Waals surface area contributed by atoms with Crippen LogP contribution in [0.4, 0.5) is 0 Å². The quantitative estimate of drug-likeness (QED) is 0.476. The molecule has 128 valence electrons. The second-order valence-electron chi connectivity index (χ2n) is 6.48. The van der Waals surface area contributed by atoms with Crippen molar-refractivity contribution >= 4 is 29.4 Å². The number of benzene rings is 1. The molecule has 2 amide bonds. The van der Waals surface area contributed by atoms with Crippen LogP contribution < -0.4 is 4.74 Å². The maximum absolute atomic E-state index is 12.4. The lowest BCUT2D eigenvalue weighted by Crippen LogP contribution is -2.33. The van der Waals surface area contributed by atoms with E-state index in [-0.39, 0.29) is 36.6 Å². The summed E-state index contributed by atoms with van der Waals surface area (Å²) in [4.78, 5) is 38.0. The molecule has 0 N–H and O–H groups in total. The molecule has 5 nitrogen and oxygen atoms in total. The van der Waals surface area contributed by atoms with Crippen molar-refractivity contribution in [2.24, 2.45) is 11.8 Å². The number of esters is 1. The molecular weight excluding hydrogens is 330 g/mol. The molecule has 1 aromatic carbocycles. The van der Waals surface area contributed by atoms with Crippen LogP contribution in [-0.4, -0.2) is 29.2 Å². The highest BCUT2D eigenvalue weighted by molar-refractivity contribution is 6.32. The van der Waals surface area contributed by atoms with Gasteiger partial charge in [0.2, 0.25) is 11.8 Å². The van der Waals surface area contributed by atoms with Crippen molar-refractivity contribution in [2.45, 2.75) is 39.0 Å². The van der Waals surface area contributed by atoms with Crippen molar-refractivity contribution in [3.63, 3.8) is 0 Å². The number of hydrogen-bond donors (Lipinski definition) is 0. The highest BCUT2D eigenvalue weighted by Crippen LogP contribution is 2.38. The molecule has 1 heterocycles. The van der Waals surface area contributed by atoms with Gasteiger partial charge in [0.15, 0.2) is 0 Å². The number of carbonyl (C=O) groups is 3. The van der Waals surface area contributed by atoms with E-state index in [4.69, 9.17) is 16.3 Å². The Morgan fingerprint density at radius 1 is 1.21 bits per heavy atom. The Kier molecular flexibility index (Phi) is 4.90. The summed E-state index contributed by atoms with van der Waals surface area (Å²) < 4.78 is 5.25. The molecular formula is C18H20ClNO4. The Morgan fingerprint density at radius 2 is 1.83 bits per heavy atom. The second kappa shape index (κ2) is 6.93. The van der Waals surface area contributed by atoms with Gasteiger partial charge in [-0.05, 0) is 37.5 Å². The van der Waals surface area contributed by atoms with E-state index in [1.165, 1.54) is 4.90 Å². The number of amides is 2. The number of hydrogen-bond acceptors (Lipinski definition) is 4. The van der Waals surface area contributed by atoms with Crippen LogP contribution in [0.25, 0.3) is 0 Å². The fraction of sp³-hybridized carbons (Fsp3) is 0.500. The minimum absolute atomic E-state index is 0.0266. The molecule has 1 aliphatic heterocycles. The minimum atomic E-state index is -0.502. The fourth-order valence-electron chi connectivity index (χ4n) is 3.52. The van der Waals surface area contributed by atoms with E-state index in [9.17, 15) is 14.4 Å². The molecule has 1 aromatic rings. The van der Waals surface area contributed by atoms with E-state index in [2.05, 4.69) is 0 Å². The van der Waals surface area contributed by atoms with Gasteiger partial charge in [0.25, 0.3) is 0 Å². The van der Waals surface area contributed by atoms with Gasteiger partial charge in [-0.3, -0.25) is 19.3 Å². The van der Waals surface area contributed by atoms with Gasteiger partial charge in [0.05, 0.1) is 23.3 Å². The van der Waals surface area contributed by atoms with Crippen LogP contribution in [0.5, 0.6) is 5.75 Å². The molecule has 1 saturated carbocycles. The molecule has 1 aliphatic carbocycles. The largest absolute Gasteiger partial charge is 0.425 e. The van der Waals surface area contributed by atoms with E-state index in [0.717, 1.165) is 31.2 Å². The number of imide groups is 1. The highest BCUT2D eigenvalue weighted by atomic mass is 35.5. The maximum atomic E-state index is 12.4. The highest BCUT2D eigenvalue weighted by Gasteiger charge is 2.47. The Balaban J connectivity index is 1.59. The van der Waals surface area contributed by atoms with Gasteiger partial charge in [0.1, 0.15) is 5.75 Å². The summed E-state index contributed by atoms with van der Waals surface area (Å²) in [6, 6.07) is 5.17. The van der Waals surface area contributed by atoms with Gasteiger partial charge in [-0.2, -0.15) is 0 Å². The third-order valence-corrected chi connectivity index (χ3v) is 5.09. The van der Waals surface area contributed by atoms with Crippen molar-refractivity contribution in [3.05, 3.63) is 28.8 Å². The minimum Gasteiger partial charge on any atom is -0.425 e. The first-order valence-corrected chi connectivity index (χ1v) is 8.67. The summed E-state index contributed by atoms with van der Waals surface area (Å²) in [6.07, 6.45) is 3.50. The summed E-state index contributed by atoms with van der Waals surface area (Å²) in [5.41, 5.74) is 0.927. The van der Waals surface area contributed by atoms with E-state index in [0.29, 0.717) is 10.8 Å². The van der Waals surface area contributed by atoms with E-state index < -0.39 is 5.97 Å². The van der Waals surface area contributed by atoms with Gasteiger partial charge in [-0.1, -0.05) is 30.5 Å². The van der Waals surface area contributed by atoms with Gasteiger partial charge in [-0.15, -0.1) is 0 Å². The molecule has 0 bridgehead atoms. The van der Waals surface area contributed by atoms with Crippen molar-refractivity contribution in [1.82, 2.24) is 4.90 Å². The molecule has 0 aromatic heterocycles. The van der Waals surface area contributed by atoms with Crippen LogP contribution in [0.2, 0.25) is 5.02 Å². The molecule has 24 heavy (non-hydrogen) atoms. The predicted molar refractivity (Wildman–Crippen MR) is 88.6 cm³/mol. The summed E-state index contributed by atoms with van der Waals surface area (Å²) in [6.45, 7) is 1.95. The van der Waals surface area contributed by atoms with Crippen LogP contribution in [-0.2, 0) is 14.4 Å². The van der Waals surface area contributed by atoms with Gasteiger partial charge in [-0.25, -0.2) is 0 Å². The van der Waals surface area contributed by atoms with Crippen LogP contribution in [0.15, 0.2) is 18.2 Å². The average Bonchev–Trinajstić information content (AvgIpc) is 2.81. The molecule has 2 aliphatic rings. The third kappa shape index (κ3) is 3.31. The number of likely N-dealkylation sites (tertiary alicyclic amines) is 1. The zero-order valence-electron chi connectivity index (χ0n) is 13.6. The predicted octanol–water partition coefficient (Wildman–Crippen LogP) is 3.12. The zero-order chi connectivity index (χ0) is 17.3. The number of carbonyl (C=O) groups excluding carboxylic acids is 3. The Morgan fingerprint density at radius 3 is 2.46 bits per heavy atom. The van der Waals surface area contributed by atoms with Gasteiger partial charge >= 0.3 is 5.97 Å². The number of fused-ring (bicyclic) bond motifs is 1. The van der Waals surface area contributed by atoms with E-state index in [1.54, 1.807) is 12.1 Å². The summed E-state index contributed by atoms with van der Waals surface area (Å²) >= 11 is 6.00. The maximum Gasteiger partial charge on any atom is 0.313 e. The SMILES string of the molecule is Cc1ccc(Cl)c(OC(=O)CCN2C(=O)C3CCCCC3C2=O)c1. The number of nitrogens with zero attached hydrogens (tertiary/aromatic N) is 1. The molecule has 2 unspecified atom stereocenters. The Bertz CT molecular complexity index is 664. The first-order valence-electron chi connectivity index (χ1n) is 8.29. The van der Waals surface area contributed by atoms with Crippen LogP contribution in [0.1, 0.15) is 37.7 Å². The first kappa shape index (κ1) is 17.0. The lowest BCUT2D eigenvalue weighted by atomic mass is 9.81. The van der Waals surface area contributed by atoms with Crippen LogP contribution in [0.3, 0.4) is 0 Å². The van der Waals surface area contributed by atoms with Crippen molar-refractivity contribution in [1.29, 1.82) is 0 Å². The van der Waals surface area contributed by atoms with Gasteiger partial charge in [0, 0.05) is 6.54 Å². The lowest BCUT2D eigenvalue weighted by Gasteiger charge is -2.19. The van der Waals surface area contributed by atoms with Crippen LogP contribution >= 0.6 is 11.6 Å². The third-order valence-electron chi connectivity index (χ3n) is 4.78. The van der Waals surface area contributed by atoms with Crippen LogP contribution in [0, 0.1) is 18.8 Å². The summed E-state index contributed by atoms with van der Waals surface area (Å²) in [7, 11) is 0. The Hall–Kier alpha value is -1.88. The molecule has 0 radical (unpaired) electrons. The molecule has 2 fully saturated rings. The monoisotopic (exact) mass is 349 g/mol. The average molecular weight is 350 g/mol. The van der Waals surface area contributed by atoms with Crippen molar-refractivity contribution in [2.75, 3.05) is 6.54 Å². The number of rotatable bonds is 4. The summed E-state index contributed by atoms with van der Waals surface area (Å²) in [5.74, 6) is -0.841. The number of ether oxygens (including phenoxy) is 1. The number of halogens is 1. The molecule has 2 atom stereocenters. The van der Waals surface area contributed by atoms with E-state index in [1.807, 2.05) is 13.0 Å². The zero-order valence-corrected chi connectivity index (χ0v) is 14.3. The molecule has 1 saturated heterocycles. The van der Waals surface area contributed by atoms with E-state index >= 15 is 0 Å². The summed E-state index contributed by atoms with van der Waals surface area (Å²) in [5, 5.41) is 0.355. The number of aryl methyl sites for hydroxylation is 1. The smallest absolute Gasteiger partial charge is 0.313 e. The fourth-order valence-corrected chi connectivity index (χ4v) is 3.67. The van der Waals surface area contributed by atoms with Crippen molar-refractivity contribution in [3.8, 4) is 5.75 Å². The first-order chi connectivity index (χ1) is 11.5. The van der Waals surface area contributed by atoms with Crippen molar-refractivity contribution < 1.29 is 19.1 Å². The standard InChI is InChI=1S/C18H20ClNO4/c1-11-6-7-14(19)15(10-11)24-16(21)8-9-20-17(22)12-4-2-3-5-13(12)18(20)23/h6-7,10,12-13H,2-5,8-9H2,1H3. The second-order valence-corrected chi connectivity index (χ2v) is 6.89. The van der Waals surface area contributed by atoms with Gasteiger partial charge < -0.3 is 4.74 Å². The molecule has 6 heteroatoms. The lowest BCUT2D eigenvalue weighted by molar-refractivity contribution is -0.141.